The van der Waals surface area contributed by atoms with Crippen LogP contribution < -0.4 is 15.0 Å². The Labute approximate surface area is 220 Å². The van der Waals surface area contributed by atoms with Gasteiger partial charge in [0.15, 0.2) is 11.6 Å². The summed E-state index contributed by atoms with van der Waals surface area (Å²) in [6, 6.07) is 15.6. The molecule has 4 aromatic rings. The van der Waals surface area contributed by atoms with Gasteiger partial charge in [0.05, 0.1) is 35.3 Å². The zero-order valence-corrected chi connectivity index (χ0v) is 22.1. The van der Waals surface area contributed by atoms with Gasteiger partial charge in [-0.3, -0.25) is 14.9 Å². The highest BCUT2D eigenvalue weighted by Gasteiger charge is 2.19. The first-order valence-electron chi connectivity index (χ1n) is 12.5. The number of para-hydroxylation sites is 1. The number of hydrogen-bond donors (Lipinski definition) is 0. The van der Waals surface area contributed by atoms with Crippen molar-refractivity contribution in [3.05, 3.63) is 91.8 Å². The highest BCUT2D eigenvalue weighted by Crippen LogP contribution is 2.34. The summed E-state index contributed by atoms with van der Waals surface area (Å²) in [4.78, 5) is 29.5. The summed E-state index contributed by atoms with van der Waals surface area (Å²) >= 11 is 0. The molecule has 1 heterocycles. The van der Waals surface area contributed by atoms with Crippen LogP contribution in [-0.4, -0.2) is 34.0 Å². The van der Waals surface area contributed by atoms with E-state index in [0.29, 0.717) is 35.5 Å². The van der Waals surface area contributed by atoms with Gasteiger partial charge in [0, 0.05) is 17.2 Å². The number of nitrogens with zero attached hydrogens (tertiary/aromatic N) is 4. The highest BCUT2D eigenvalue weighted by atomic mass is 16.6. The fourth-order valence-corrected chi connectivity index (χ4v) is 4.24. The summed E-state index contributed by atoms with van der Waals surface area (Å²) in [5.74, 6) is 1.51. The second kappa shape index (κ2) is 11.2. The number of aryl methyl sites for hydroxylation is 1. The van der Waals surface area contributed by atoms with E-state index in [0.717, 1.165) is 22.4 Å². The van der Waals surface area contributed by atoms with E-state index < -0.39 is 4.92 Å². The number of nitro benzene ring substituents is 1. The van der Waals surface area contributed by atoms with Crippen LogP contribution in [0.3, 0.4) is 0 Å². The summed E-state index contributed by atoms with van der Waals surface area (Å²) < 4.78 is 12.5. The molecule has 0 radical (unpaired) electrons. The Morgan fingerprint density at radius 1 is 1.05 bits per heavy atom. The van der Waals surface area contributed by atoms with Crippen LogP contribution in [0, 0.1) is 17.0 Å². The molecule has 0 saturated carbocycles. The van der Waals surface area contributed by atoms with Crippen LogP contribution in [0.4, 0.5) is 5.69 Å². The molecule has 9 heteroatoms. The first kappa shape index (κ1) is 26.5. The van der Waals surface area contributed by atoms with E-state index in [-0.39, 0.29) is 22.9 Å². The van der Waals surface area contributed by atoms with Gasteiger partial charge < -0.3 is 9.47 Å². The van der Waals surface area contributed by atoms with Gasteiger partial charge in [-0.1, -0.05) is 26.0 Å². The number of nitro groups is 1. The van der Waals surface area contributed by atoms with Gasteiger partial charge in [-0.15, -0.1) is 0 Å². The molecule has 1 aromatic heterocycles. The Kier molecular flexibility index (Phi) is 7.85. The molecule has 0 spiro atoms. The number of benzene rings is 3. The molecule has 0 aliphatic carbocycles. The maximum absolute atomic E-state index is 13.6. The second-order valence-corrected chi connectivity index (χ2v) is 9.02. The molecule has 3 aromatic carbocycles. The molecule has 0 N–H and O–H groups in total. The van der Waals surface area contributed by atoms with Crippen molar-refractivity contribution < 1.29 is 14.4 Å². The zero-order chi connectivity index (χ0) is 27.4. The second-order valence-electron chi connectivity index (χ2n) is 9.02. The minimum Gasteiger partial charge on any atom is -0.494 e. The minimum absolute atomic E-state index is 0.171. The molecule has 0 unspecified atom stereocenters. The van der Waals surface area contributed by atoms with Gasteiger partial charge >= 0.3 is 5.69 Å². The maximum Gasteiger partial charge on any atom is 0.311 e. The topological polar surface area (TPSA) is 109 Å². The van der Waals surface area contributed by atoms with Crippen molar-refractivity contribution in [2.45, 2.75) is 40.5 Å². The third kappa shape index (κ3) is 5.27. The summed E-state index contributed by atoms with van der Waals surface area (Å²) in [5.41, 5.74) is 3.08. The SMILES string of the molecule is CCOc1cc(C)c(-c2nc3ccccc3c(=O)n2N=Cc2ccc(OCC)c([N+](=O)[O-])c2)cc1C(C)C. The summed E-state index contributed by atoms with van der Waals surface area (Å²) in [5, 5.41) is 16.5. The van der Waals surface area contributed by atoms with Crippen LogP contribution in [0.25, 0.3) is 22.3 Å². The third-order valence-corrected chi connectivity index (χ3v) is 6.08. The van der Waals surface area contributed by atoms with Gasteiger partial charge in [-0.25, -0.2) is 4.98 Å². The monoisotopic (exact) mass is 514 g/mol. The molecular formula is C29H30N4O5. The Balaban J connectivity index is 1.93. The summed E-state index contributed by atoms with van der Waals surface area (Å²) in [6.07, 6.45) is 1.41. The van der Waals surface area contributed by atoms with Gasteiger partial charge in [-0.05, 0) is 74.2 Å². The Hall–Kier alpha value is -4.53. The van der Waals surface area contributed by atoms with E-state index >= 15 is 0 Å². The molecule has 0 aliphatic heterocycles. The van der Waals surface area contributed by atoms with Gasteiger partial charge in [-0.2, -0.15) is 9.78 Å². The minimum atomic E-state index is -0.506. The number of fused-ring (bicyclic) bond motifs is 1. The molecule has 0 atom stereocenters. The molecule has 0 fully saturated rings. The normalized spacial score (nSPS) is 11.4. The molecular weight excluding hydrogens is 484 g/mol. The first-order chi connectivity index (χ1) is 18.2. The average Bonchev–Trinajstić information content (AvgIpc) is 2.89. The Morgan fingerprint density at radius 2 is 1.76 bits per heavy atom. The summed E-state index contributed by atoms with van der Waals surface area (Å²) in [6.45, 7) is 10.6. The van der Waals surface area contributed by atoms with Gasteiger partial charge in [0.2, 0.25) is 0 Å². The fraction of sp³-hybridized carbons (Fsp3) is 0.276. The smallest absolute Gasteiger partial charge is 0.311 e. The fourth-order valence-electron chi connectivity index (χ4n) is 4.24. The van der Waals surface area contributed by atoms with E-state index in [1.165, 1.54) is 23.0 Å². The predicted octanol–water partition coefficient (Wildman–Crippen LogP) is 6.08. The number of aromatic nitrogens is 2. The van der Waals surface area contributed by atoms with Crippen LogP contribution in [0.1, 0.15) is 50.3 Å². The molecule has 9 nitrogen and oxygen atoms in total. The van der Waals surface area contributed by atoms with Crippen LogP contribution in [-0.2, 0) is 0 Å². The van der Waals surface area contributed by atoms with Crippen molar-refractivity contribution in [3.63, 3.8) is 0 Å². The summed E-state index contributed by atoms with van der Waals surface area (Å²) in [7, 11) is 0. The molecule has 38 heavy (non-hydrogen) atoms. The zero-order valence-electron chi connectivity index (χ0n) is 22.1. The molecule has 196 valence electrons. The van der Waals surface area contributed by atoms with Gasteiger partial charge in [0.25, 0.3) is 5.56 Å². The van der Waals surface area contributed by atoms with Crippen LogP contribution in [0.2, 0.25) is 0 Å². The molecule has 0 saturated heterocycles. The van der Waals surface area contributed by atoms with Crippen LogP contribution in [0.15, 0.2) is 64.5 Å². The first-order valence-corrected chi connectivity index (χ1v) is 12.5. The molecule has 0 amide bonds. The maximum atomic E-state index is 13.6. The van der Waals surface area contributed by atoms with Crippen LogP contribution >= 0.6 is 0 Å². The third-order valence-electron chi connectivity index (χ3n) is 6.08. The van der Waals surface area contributed by atoms with Crippen molar-refractivity contribution in [3.8, 4) is 22.9 Å². The van der Waals surface area contributed by atoms with E-state index in [2.05, 4.69) is 18.9 Å². The Bertz CT molecular complexity index is 1590. The van der Waals surface area contributed by atoms with Crippen molar-refractivity contribution in [1.82, 2.24) is 9.66 Å². The molecule has 0 bridgehead atoms. The lowest BCUT2D eigenvalue weighted by molar-refractivity contribution is -0.385. The standard InChI is InChI=1S/C29H30N4O5/c1-6-37-26-13-12-20(15-25(26)33(35)36)17-30-32-28(31-24-11-9-8-10-21(24)29(32)34)23-16-22(18(3)4)27(38-7-2)14-19(23)5/h8-18H,6-7H2,1-5H3. The lowest BCUT2D eigenvalue weighted by Crippen LogP contribution is -2.21. The van der Waals surface area contributed by atoms with Crippen molar-refractivity contribution >= 4 is 22.8 Å². The lowest BCUT2D eigenvalue weighted by atomic mass is 9.96. The van der Waals surface area contributed by atoms with Crippen molar-refractivity contribution in [2.75, 3.05) is 13.2 Å². The molecule has 4 rings (SSSR count). The quantitative estimate of drug-likeness (QED) is 0.152. The average molecular weight is 515 g/mol. The largest absolute Gasteiger partial charge is 0.494 e. The van der Waals surface area contributed by atoms with E-state index in [4.69, 9.17) is 14.5 Å². The molecule has 0 aliphatic rings. The van der Waals surface area contributed by atoms with Crippen LogP contribution in [0.5, 0.6) is 11.5 Å². The Morgan fingerprint density at radius 3 is 2.45 bits per heavy atom. The van der Waals surface area contributed by atoms with E-state index in [9.17, 15) is 14.9 Å². The number of ether oxygens (including phenoxy) is 2. The predicted molar refractivity (Wildman–Crippen MR) is 149 cm³/mol. The highest BCUT2D eigenvalue weighted by molar-refractivity contribution is 5.83. The van der Waals surface area contributed by atoms with Crippen molar-refractivity contribution in [1.29, 1.82) is 0 Å². The van der Waals surface area contributed by atoms with E-state index in [1.807, 2.05) is 32.0 Å². The lowest BCUT2D eigenvalue weighted by Gasteiger charge is -2.18. The van der Waals surface area contributed by atoms with Gasteiger partial charge in [0.1, 0.15) is 5.75 Å². The number of rotatable bonds is 9. The van der Waals surface area contributed by atoms with Crippen molar-refractivity contribution in [2.24, 2.45) is 5.10 Å². The number of hydrogen-bond acceptors (Lipinski definition) is 7. The van der Waals surface area contributed by atoms with E-state index in [1.54, 1.807) is 31.2 Å².